The Bertz CT molecular complexity index is 206. The summed E-state index contributed by atoms with van der Waals surface area (Å²) in [7, 11) is 0. The number of unbranched alkanes of at least 4 members (excludes halogenated alkanes) is 10. The highest BCUT2D eigenvalue weighted by Crippen LogP contribution is 2.06. The minimum absolute atomic E-state index is 0.850. The lowest BCUT2D eigenvalue weighted by Crippen LogP contribution is -1.97. The summed E-state index contributed by atoms with van der Waals surface area (Å²) in [5.41, 5.74) is 5.46. The third kappa shape index (κ3) is 17.4. The van der Waals surface area contributed by atoms with Crippen molar-refractivity contribution < 1.29 is 0 Å². The average Bonchev–Trinajstić information content (AvgIpc) is 2.43. The first-order chi connectivity index (χ1) is 9.41. The van der Waals surface area contributed by atoms with E-state index in [1.807, 2.05) is 0 Å². The van der Waals surface area contributed by atoms with Crippen molar-refractivity contribution in [3.8, 4) is 0 Å². The molecule has 0 aromatic rings. The molecule has 2 N–H and O–H groups in total. The van der Waals surface area contributed by atoms with E-state index < -0.39 is 0 Å². The van der Waals surface area contributed by atoms with E-state index in [0.29, 0.717) is 0 Å². The smallest absolute Gasteiger partial charge is 0.00773 e. The molecule has 0 saturated carbocycles. The average molecular weight is 265 g/mol. The van der Waals surface area contributed by atoms with E-state index in [0.717, 1.165) is 6.54 Å². The first kappa shape index (κ1) is 18.4. The van der Waals surface area contributed by atoms with Crippen LogP contribution >= 0.6 is 0 Å². The SMILES string of the molecule is CCCCCCC/C=C/C=C/CCCCCCCN. The van der Waals surface area contributed by atoms with Gasteiger partial charge in [-0.2, -0.15) is 0 Å². The molecular formula is C18H35N. The zero-order valence-corrected chi connectivity index (χ0v) is 13.1. The van der Waals surface area contributed by atoms with Gasteiger partial charge >= 0.3 is 0 Å². The van der Waals surface area contributed by atoms with Crippen molar-refractivity contribution in [2.24, 2.45) is 5.73 Å². The van der Waals surface area contributed by atoms with Crippen LogP contribution in [-0.4, -0.2) is 6.54 Å². The van der Waals surface area contributed by atoms with Crippen molar-refractivity contribution in [1.29, 1.82) is 0 Å². The summed E-state index contributed by atoms with van der Waals surface area (Å²) in [6.45, 7) is 3.12. The third-order valence-electron chi connectivity index (χ3n) is 3.43. The largest absolute Gasteiger partial charge is 0.330 e. The van der Waals surface area contributed by atoms with Gasteiger partial charge in [-0.05, 0) is 38.6 Å². The van der Waals surface area contributed by atoms with E-state index in [-0.39, 0.29) is 0 Å². The van der Waals surface area contributed by atoms with Crippen LogP contribution in [0.4, 0.5) is 0 Å². The molecule has 0 radical (unpaired) electrons. The second-order valence-electron chi connectivity index (χ2n) is 5.40. The molecule has 0 aliphatic carbocycles. The van der Waals surface area contributed by atoms with Crippen molar-refractivity contribution in [2.75, 3.05) is 6.54 Å². The van der Waals surface area contributed by atoms with Gasteiger partial charge in [0.1, 0.15) is 0 Å². The Morgan fingerprint density at radius 2 is 1.11 bits per heavy atom. The highest BCUT2D eigenvalue weighted by Gasteiger charge is 1.88. The van der Waals surface area contributed by atoms with Crippen LogP contribution < -0.4 is 5.73 Å². The fraction of sp³-hybridized carbons (Fsp3) is 0.778. The highest BCUT2D eigenvalue weighted by atomic mass is 14.5. The lowest BCUT2D eigenvalue weighted by atomic mass is 10.1. The van der Waals surface area contributed by atoms with Gasteiger partial charge in [0, 0.05) is 0 Å². The molecule has 0 fully saturated rings. The minimum atomic E-state index is 0.850. The van der Waals surface area contributed by atoms with Crippen LogP contribution in [0.15, 0.2) is 24.3 Å². The Hall–Kier alpha value is -0.560. The van der Waals surface area contributed by atoms with Crippen molar-refractivity contribution in [2.45, 2.75) is 84.0 Å². The fourth-order valence-electron chi connectivity index (χ4n) is 2.15. The quantitative estimate of drug-likeness (QED) is 0.314. The molecular weight excluding hydrogens is 230 g/mol. The molecule has 0 rings (SSSR count). The predicted octanol–water partition coefficient (Wildman–Crippen LogP) is 5.76. The molecule has 19 heavy (non-hydrogen) atoms. The Kier molecular flexibility index (Phi) is 16.9. The standard InChI is InChI=1S/C18H35N/c1-2-3-4-5-6-7-8-9-10-11-12-13-14-15-16-17-18-19/h8-11H,2-7,12-19H2,1H3/b9-8+,11-10+. The Balaban J connectivity index is 3.15. The van der Waals surface area contributed by atoms with Gasteiger partial charge < -0.3 is 5.73 Å². The van der Waals surface area contributed by atoms with Crippen LogP contribution in [0, 0.1) is 0 Å². The number of rotatable bonds is 14. The summed E-state index contributed by atoms with van der Waals surface area (Å²) in [6, 6.07) is 0. The molecule has 112 valence electrons. The number of hydrogen-bond donors (Lipinski definition) is 1. The fourth-order valence-corrected chi connectivity index (χ4v) is 2.15. The molecule has 0 aliphatic heterocycles. The van der Waals surface area contributed by atoms with Crippen LogP contribution in [0.5, 0.6) is 0 Å². The molecule has 0 spiro atoms. The van der Waals surface area contributed by atoms with Gasteiger partial charge in [-0.3, -0.25) is 0 Å². The minimum Gasteiger partial charge on any atom is -0.330 e. The van der Waals surface area contributed by atoms with Crippen molar-refractivity contribution in [1.82, 2.24) is 0 Å². The summed E-state index contributed by atoms with van der Waals surface area (Å²) in [4.78, 5) is 0. The van der Waals surface area contributed by atoms with E-state index >= 15 is 0 Å². The zero-order chi connectivity index (χ0) is 14.0. The van der Waals surface area contributed by atoms with Gasteiger partial charge in [-0.15, -0.1) is 0 Å². The molecule has 0 atom stereocenters. The number of hydrogen-bond acceptors (Lipinski definition) is 1. The topological polar surface area (TPSA) is 26.0 Å². The second kappa shape index (κ2) is 17.4. The predicted molar refractivity (Wildman–Crippen MR) is 88.4 cm³/mol. The lowest BCUT2D eigenvalue weighted by Gasteiger charge is -1.97. The van der Waals surface area contributed by atoms with Gasteiger partial charge in [0.05, 0.1) is 0 Å². The maximum atomic E-state index is 5.46. The Morgan fingerprint density at radius 3 is 1.63 bits per heavy atom. The van der Waals surface area contributed by atoms with Crippen LogP contribution in [0.2, 0.25) is 0 Å². The van der Waals surface area contributed by atoms with Gasteiger partial charge in [-0.1, -0.05) is 76.2 Å². The van der Waals surface area contributed by atoms with E-state index in [1.54, 1.807) is 0 Å². The maximum absolute atomic E-state index is 5.46. The molecule has 0 amide bonds. The van der Waals surface area contributed by atoms with Crippen molar-refractivity contribution >= 4 is 0 Å². The Labute approximate surface area is 121 Å². The maximum Gasteiger partial charge on any atom is -0.00773 e. The highest BCUT2D eigenvalue weighted by molar-refractivity contribution is 5.02. The van der Waals surface area contributed by atoms with Crippen molar-refractivity contribution in [3.05, 3.63) is 24.3 Å². The number of nitrogens with two attached hydrogens (primary N) is 1. The van der Waals surface area contributed by atoms with Crippen LogP contribution in [0.25, 0.3) is 0 Å². The zero-order valence-electron chi connectivity index (χ0n) is 13.1. The first-order valence-corrected chi connectivity index (χ1v) is 8.43. The van der Waals surface area contributed by atoms with E-state index in [1.165, 1.54) is 77.0 Å². The third-order valence-corrected chi connectivity index (χ3v) is 3.43. The Morgan fingerprint density at radius 1 is 0.632 bits per heavy atom. The normalized spacial score (nSPS) is 11.9. The van der Waals surface area contributed by atoms with Crippen molar-refractivity contribution in [3.63, 3.8) is 0 Å². The van der Waals surface area contributed by atoms with Crippen LogP contribution in [0.1, 0.15) is 84.0 Å². The summed E-state index contributed by atoms with van der Waals surface area (Å²) in [6.07, 6.45) is 24.9. The van der Waals surface area contributed by atoms with E-state index in [4.69, 9.17) is 5.73 Å². The molecule has 0 heterocycles. The summed E-state index contributed by atoms with van der Waals surface area (Å²) in [5.74, 6) is 0. The van der Waals surface area contributed by atoms with E-state index in [2.05, 4.69) is 31.2 Å². The van der Waals surface area contributed by atoms with Gasteiger partial charge in [0.15, 0.2) is 0 Å². The molecule has 1 nitrogen and oxygen atoms in total. The monoisotopic (exact) mass is 265 g/mol. The summed E-state index contributed by atoms with van der Waals surface area (Å²) in [5, 5.41) is 0. The second-order valence-corrected chi connectivity index (χ2v) is 5.40. The molecule has 0 bridgehead atoms. The molecule has 0 aliphatic rings. The summed E-state index contributed by atoms with van der Waals surface area (Å²) < 4.78 is 0. The molecule has 0 unspecified atom stereocenters. The molecule has 1 heteroatoms. The first-order valence-electron chi connectivity index (χ1n) is 8.43. The molecule has 0 aromatic heterocycles. The molecule has 0 saturated heterocycles. The van der Waals surface area contributed by atoms with Gasteiger partial charge in [0.2, 0.25) is 0 Å². The molecule has 0 aromatic carbocycles. The number of allylic oxidation sites excluding steroid dienone is 4. The van der Waals surface area contributed by atoms with Gasteiger partial charge in [-0.25, -0.2) is 0 Å². The lowest BCUT2D eigenvalue weighted by molar-refractivity contribution is 0.622. The van der Waals surface area contributed by atoms with Gasteiger partial charge in [0.25, 0.3) is 0 Å². The summed E-state index contributed by atoms with van der Waals surface area (Å²) >= 11 is 0. The van der Waals surface area contributed by atoms with Crippen LogP contribution in [0.3, 0.4) is 0 Å². The van der Waals surface area contributed by atoms with Crippen LogP contribution in [-0.2, 0) is 0 Å². The van der Waals surface area contributed by atoms with E-state index in [9.17, 15) is 0 Å².